The maximum atomic E-state index is 12.7. The van der Waals surface area contributed by atoms with Crippen molar-refractivity contribution in [1.29, 1.82) is 0 Å². The molecule has 5 rings (SSSR count). The first kappa shape index (κ1) is 22.6. The van der Waals surface area contributed by atoms with Crippen LogP contribution in [0.25, 0.3) is 10.1 Å². The van der Waals surface area contributed by atoms with E-state index in [1.807, 2.05) is 18.2 Å². The Labute approximate surface area is 210 Å². The van der Waals surface area contributed by atoms with Crippen molar-refractivity contribution in [3.63, 3.8) is 0 Å². The second kappa shape index (κ2) is 9.99. The van der Waals surface area contributed by atoms with Gasteiger partial charge in [0.15, 0.2) is 0 Å². The minimum absolute atomic E-state index is 0.236. The first-order chi connectivity index (χ1) is 16.1. The molecule has 0 unspecified atom stereocenters. The third-order valence-electron chi connectivity index (χ3n) is 5.89. The van der Waals surface area contributed by atoms with Gasteiger partial charge in [0.2, 0.25) is 0 Å². The third kappa shape index (κ3) is 5.03. The molecule has 0 atom stereocenters. The van der Waals surface area contributed by atoms with E-state index in [9.17, 15) is 4.79 Å². The van der Waals surface area contributed by atoms with Crippen molar-refractivity contribution in [2.45, 2.75) is 6.42 Å². The number of rotatable bonds is 6. The summed E-state index contributed by atoms with van der Waals surface area (Å²) < 4.78 is 6.84. The molecule has 1 saturated heterocycles. The number of hydrogen-bond acceptors (Lipinski definition) is 6. The van der Waals surface area contributed by atoms with Crippen molar-refractivity contribution in [3.8, 4) is 0 Å². The van der Waals surface area contributed by atoms with Gasteiger partial charge in [0, 0.05) is 43.8 Å². The van der Waals surface area contributed by atoms with Gasteiger partial charge in [0.05, 0.1) is 14.6 Å². The second-order valence-electron chi connectivity index (χ2n) is 7.93. The Morgan fingerprint density at radius 1 is 1.03 bits per heavy atom. The summed E-state index contributed by atoms with van der Waals surface area (Å²) in [6, 6.07) is 18.0. The van der Waals surface area contributed by atoms with E-state index < -0.39 is 0 Å². The van der Waals surface area contributed by atoms with E-state index in [1.54, 1.807) is 17.6 Å². The molecule has 2 aromatic carbocycles. The number of carbonyl (C=O) groups is 1. The first-order valence-electron chi connectivity index (χ1n) is 10.7. The molecule has 1 fully saturated rings. The topological polar surface area (TPSA) is 48.5 Å². The summed E-state index contributed by atoms with van der Waals surface area (Å²) in [6.07, 6.45) is 0.855. The molecule has 0 aliphatic carbocycles. The highest BCUT2D eigenvalue weighted by Crippen LogP contribution is 2.32. The van der Waals surface area contributed by atoms with Crippen LogP contribution in [0.3, 0.4) is 0 Å². The van der Waals surface area contributed by atoms with Crippen LogP contribution in [0, 0.1) is 0 Å². The van der Waals surface area contributed by atoms with Gasteiger partial charge >= 0.3 is 0 Å². The van der Waals surface area contributed by atoms with Crippen molar-refractivity contribution in [1.82, 2.24) is 9.27 Å². The summed E-state index contributed by atoms with van der Waals surface area (Å²) in [6.45, 7) is 4.84. The lowest BCUT2D eigenvalue weighted by Gasteiger charge is -2.35. The number of fused-ring (bicyclic) bond motifs is 1. The lowest BCUT2D eigenvalue weighted by Crippen LogP contribution is -2.47. The van der Waals surface area contributed by atoms with Crippen LogP contribution < -0.4 is 10.2 Å². The van der Waals surface area contributed by atoms with E-state index in [1.165, 1.54) is 21.4 Å². The number of nitrogens with one attached hydrogen (secondary N) is 1. The van der Waals surface area contributed by atoms with Crippen molar-refractivity contribution in [2.75, 3.05) is 42.9 Å². The van der Waals surface area contributed by atoms with Gasteiger partial charge in [-0.15, -0.1) is 11.3 Å². The van der Waals surface area contributed by atoms with Crippen LogP contribution >= 0.6 is 46.1 Å². The van der Waals surface area contributed by atoms with Gasteiger partial charge in [-0.1, -0.05) is 53.5 Å². The Bertz CT molecular complexity index is 1280. The molecule has 0 saturated carbocycles. The maximum absolute atomic E-state index is 12.7. The molecule has 3 heterocycles. The summed E-state index contributed by atoms with van der Waals surface area (Å²) in [5, 5.41) is 4.25. The number of benzene rings is 2. The fourth-order valence-electron chi connectivity index (χ4n) is 4.11. The van der Waals surface area contributed by atoms with Crippen LogP contribution in [0.5, 0.6) is 0 Å². The number of piperazine rings is 1. The number of thiophene rings is 1. The number of carbonyl (C=O) groups excluding carboxylic acids is 1. The molecule has 1 amide bonds. The van der Waals surface area contributed by atoms with Crippen LogP contribution in [0.1, 0.15) is 15.9 Å². The highest BCUT2D eigenvalue weighted by Gasteiger charge is 2.21. The van der Waals surface area contributed by atoms with E-state index in [-0.39, 0.29) is 5.91 Å². The van der Waals surface area contributed by atoms with Crippen molar-refractivity contribution in [3.05, 3.63) is 74.4 Å². The number of para-hydroxylation sites is 1. The highest BCUT2D eigenvalue weighted by molar-refractivity contribution is 7.20. The van der Waals surface area contributed by atoms with Gasteiger partial charge in [-0.3, -0.25) is 9.69 Å². The summed E-state index contributed by atoms with van der Waals surface area (Å²) in [5.41, 5.74) is 2.33. The lowest BCUT2D eigenvalue weighted by atomic mass is 10.1. The normalized spacial score (nSPS) is 14.7. The van der Waals surface area contributed by atoms with Crippen LogP contribution in [0.15, 0.2) is 54.6 Å². The Balaban J connectivity index is 1.19. The zero-order chi connectivity index (χ0) is 22.8. The molecular formula is C24H22Cl2N4OS2. The van der Waals surface area contributed by atoms with Gasteiger partial charge in [-0.2, -0.15) is 4.37 Å². The molecular weight excluding hydrogens is 495 g/mol. The van der Waals surface area contributed by atoms with Crippen LogP contribution in [-0.2, 0) is 6.42 Å². The van der Waals surface area contributed by atoms with Gasteiger partial charge in [-0.05, 0) is 47.8 Å². The monoisotopic (exact) mass is 516 g/mol. The second-order valence-corrected chi connectivity index (χ2v) is 11.0. The smallest absolute Gasteiger partial charge is 0.258 e. The van der Waals surface area contributed by atoms with E-state index in [0.717, 1.165) is 56.2 Å². The third-order valence-corrected chi connectivity index (χ3v) is 8.20. The minimum Gasteiger partial charge on any atom is -0.353 e. The summed E-state index contributed by atoms with van der Waals surface area (Å²) in [5.74, 6) is 0.871. The Kier molecular flexibility index (Phi) is 6.85. The average molecular weight is 518 g/mol. The van der Waals surface area contributed by atoms with Crippen LogP contribution in [0.4, 0.5) is 11.5 Å². The molecule has 0 spiro atoms. The number of hydrogen-bond donors (Lipinski definition) is 1. The molecule has 33 heavy (non-hydrogen) atoms. The number of aromatic nitrogens is 1. The molecule has 2 aromatic heterocycles. The number of anilines is 2. The van der Waals surface area contributed by atoms with E-state index in [2.05, 4.69) is 45.4 Å². The fourth-order valence-corrected chi connectivity index (χ4v) is 6.36. The van der Waals surface area contributed by atoms with Gasteiger partial charge in [0.1, 0.15) is 10.2 Å². The van der Waals surface area contributed by atoms with Crippen molar-refractivity contribution < 1.29 is 4.79 Å². The Morgan fingerprint density at radius 2 is 1.79 bits per heavy atom. The largest absolute Gasteiger partial charge is 0.353 e. The molecule has 1 N–H and O–H groups in total. The Morgan fingerprint density at radius 3 is 2.58 bits per heavy atom. The van der Waals surface area contributed by atoms with Gasteiger partial charge in [-0.25, -0.2) is 0 Å². The van der Waals surface area contributed by atoms with Crippen molar-refractivity contribution >= 4 is 73.6 Å². The number of amides is 1. The predicted octanol–water partition coefficient (Wildman–Crippen LogP) is 6.28. The summed E-state index contributed by atoms with van der Waals surface area (Å²) in [7, 11) is 0. The molecule has 0 bridgehead atoms. The average Bonchev–Trinajstić information content (AvgIpc) is 3.41. The fraction of sp³-hybridized carbons (Fsp3) is 0.250. The zero-order valence-electron chi connectivity index (χ0n) is 17.8. The molecule has 1 aliphatic rings. The maximum Gasteiger partial charge on any atom is 0.258 e. The van der Waals surface area contributed by atoms with Crippen molar-refractivity contribution in [2.24, 2.45) is 0 Å². The predicted molar refractivity (Wildman–Crippen MR) is 141 cm³/mol. The molecule has 9 heteroatoms. The molecule has 1 aliphatic heterocycles. The van der Waals surface area contributed by atoms with Crippen LogP contribution in [-0.4, -0.2) is 47.9 Å². The lowest BCUT2D eigenvalue weighted by molar-refractivity contribution is 0.102. The summed E-state index contributed by atoms with van der Waals surface area (Å²) in [4.78, 5) is 17.5. The van der Waals surface area contributed by atoms with Gasteiger partial charge < -0.3 is 10.2 Å². The van der Waals surface area contributed by atoms with Crippen LogP contribution in [0.2, 0.25) is 8.67 Å². The van der Waals surface area contributed by atoms with E-state index in [4.69, 9.17) is 27.6 Å². The molecule has 170 valence electrons. The standard InChI is InChI=1S/C24H22Cl2N4OS2/c25-21-15-18(22(26)32-21)24(31)27-19-7-3-1-5-16(19)9-10-29-11-13-30(14-12-29)23-17-6-2-4-8-20(17)33-28-23/h1-8,15H,9-14H2,(H,27,31). The minimum atomic E-state index is -0.236. The SMILES string of the molecule is O=C(Nc1ccccc1CCN1CCN(c2nsc3ccccc23)CC1)c1cc(Cl)sc1Cl. The summed E-state index contributed by atoms with van der Waals surface area (Å²) >= 11 is 14.9. The van der Waals surface area contributed by atoms with E-state index in [0.29, 0.717) is 14.2 Å². The zero-order valence-corrected chi connectivity index (χ0v) is 20.9. The molecule has 5 nitrogen and oxygen atoms in total. The number of nitrogens with zero attached hydrogens (tertiary/aromatic N) is 3. The molecule has 4 aromatic rings. The number of halogens is 2. The Hall–Kier alpha value is -2.16. The van der Waals surface area contributed by atoms with Gasteiger partial charge in [0.25, 0.3) is 5.91 Å². The first-order valence-corrected chi connectivity index (χ1v) is 13.1. The van der Waals surface area contributed by atoms with E-state index >= 15 is 0 Å². The molecule has 0 radical (unpaired) electrons. The highest BCUT2D eigenvalue weighted by atomic mass is 35.5. The quantitative estimate of drug-likeness (QED) is 0.327.